The third-order valence-electron chi connectivity index (χ3n) is 4.10. The first-order valence-electron chi connectivity index (χ1n) is 6.73. The molecule has 0 saturated carbocycles. The number of allylic oxidation sites excluding steroid dienone is 1. The second-order valence-electron chi connectivity index (χ2n) is 5.75. The highest BCUT2D eigenvalue weighted by atomic mass is 15.1. The maximum Gasteiger partial charge on any atom is 0.0390 e. The zero-order chi connectivity index (χ0) is 12.3. The molecule has 4 N–H and O–H groups in total. The Labute approximate surface area is 105 Å². The van der Waals surface area contributed by atoms with Crippen LogP contribution in [0.3, 0.4) is 0 Å². The van der Waals surface area contributed by atoms with Crippen LogP contribution in [-0.4, -0.2) is 30.1 Å². The lowest BCUT2D eigenvalue weighted by Gasteiger charge is -2.34. The summed E-state index contributed by atoms with van der Waals surface area (Å²) in [5.74, 6) is 0.899. The summed E-state index contributed by atoms with van der Waals surface area (Å²) in [6.45, 7) is 5.93. The second-order valence-corrected chi connectivity index (χ2v) is 5.75. The quantitative estimate of drug-likeness (QED) is 0.781. The number of hydrogen-bond acceptors (Lipinski definition) is 3. The van der Waals surface area contributed by atoms with Gasteiger partial charge in [0.2, 0.25) is 0 Å². The normalized spacial score (nSPS) is 31.5. The molecule has 2 rings (SSSR count). The highest BCUT2D eigenvalue weighted by molar-refractivity contribution is 5.26. The van der Waals surface area contributed by atoms with Crippen LogP contribution >= 0.6 is 0 Å². The van der Waals surface area contributed by atoms with E-state index < -0.39 is 0 Å². The molecule has 17 heavy (non-hydrogen) atoms. The van der Waals surface area contributed by atoms with Gasteiger partial charge in [0, 0.05) is 17.8 Å². The first kappa shape index (κ1) is 12.7. The van der Waals surface area contributed by atoms with Crippen molar-refractivity contribution in [3.05, 3.63) is 23.9 Å². The van der Waals surface area contributed by atoms with E-state index in [2.05, 4.69) is 17.9 Å². The predicted octanol–water partition coefficient (Wildman–Crippen LogP) is 1.61. The molecule has 3 heteroatoms. The average molecular weight is 235 g/mol. The van der Waals surface area contributed by atoms with Crippen LogP contribution in [0.15, 0.2) is 23.9 Å². The summed E-state index contributed by atoms with van der Waals surface area (Å²) in [6.07, 6.45) is 10.6. The number of nitrogens with two attached hydrogens (primary N) is 2. The first-order chi connectivity index (χ1) is 8.07. The first-order valence-corrected chi connectivity index (χ1v) is 6.73. The van der Waals surface area contributed by atoms with Crippen molar-refractivity contribution in [2.45, 2.75) is 38.1 Å². The highest BCUT2D eigenvalue weighted by Crippen LogP contribution is 2.22. The average Bonchev–Trinajstić information content (AvgIpc) is 2.33. The Morgan fingerprint density at radius 1 is 1.41 bits per heavy atom. The second kappa shape index (κ2) is 5.23. The largest absolute Gasteiger partial charge is 0.399 e. The molecular formula is C14H25N3. The molecule has 1 fully saturated rings. The van der Waals surface area contributed by atoms with E-state index in [1.165, 1.54) is 25.9 Å². The minimum absolute atomic E-state index is 0.175. The van der Waals surface area contributed by atoms with Gasteiger partial charge in [-0.3, -0.25) is 0 Å². The molecule has 96 valence electrons. The Morgan fingerprint density at radius 3 is 2.71 bits per heavy atom. The van der Waals surface area contributed by atoms with Gasteiger partial charge in [0.15, 0.2) is 0 Å². The zero-order valence-corrected chi connectivity index (χ0v) is 10.9. The lowest BCUT2D eigenvalue weighted by molar-refractivity contribution is 0.181. The molecule has 1 saturated heterocycles. The van der Waals surface area contributed by atoms with Crippen molar-refractivity contribution >= 4 is 0 Å². The van der Waals surface area contributed by atoms with Crippen LogP contribution in [0.5, 0.6) is 0 Å². The van der Waals surface area contributed by atoms with Crippen molar-refractivity contribution < 1.29 is 0 Å². The van der Waals surface area contributed by atoms with E-state index in [1.54, 1.807) is 0 Å². The van der Waals surface area contributed by atoms with Crippen LogP contribution in [-0.2, 0) is 0 Å². The summed E-state index contributed by atoms with van der Waals surface area (Å²) in [5, 5.41) is 0. The van der Waals surface area contributed by atoms with Crippen molar-refractivity contribution in [2.24, 2.45) is 17.4 Å². The van der Waals surface area contributed by atoms with Crippen LogP contribution in [0.4, 0.5) is 0 Å². The topological polar surface area (TPSA) is 55.3 Å². The Bertz CT molecular complexity index is 313. The molecule has 0 aromatic carbocycles. The van der Waals surface area contributed by atoms with Crippen molar-refractivity contribution in [1.82, 2.24) is 4.90 Å². The van der Waals surface area contributed by atoms with Crippen LogP contribution in [0.1, 0.15) is 32.6 Å². The third-order valence-corrected chi connectivity index (χ3v) is 4.10. The number of rotatable bonds is 3. The minimum atomic E-state index is -0.175. The molecule has 3 nitrogen and oxygen atoms in total. The maximum absolute atomic E-state index is 6.35. The Hall–Kier alpha value is -0.800. The minimum Gasteiger partial charge on any atom is -0.399 e. The number of likely N-dealkylation sites (tertiary alicyclic amines) is 1. The number of piperidine rings is 1. The molecule has 0 spiro atoms. The standard InChI is InChI=1S/C14H25N3/c1-12-4-9-17(10-5-12)11-8-14(16)6-2-13(15)3-7-14/h2-3,6,12H,4-5,7-11,15-16H2,1H3. The van der Waals surface area contributed by atoms with Crippen molar-refractivity contribution in [3.8, 4) is 0 Å². The lowest BCUT2D eigenvalue weighted by Crippen LogP contribution is -2.43. The van der Waals surface area contributed by atoms with Gasteiger partial charge in [0.05, 0.1) is 0 Å². The SMILES string of the molecule is CC1CCN(CCC2(N)C=CC(N)=CC2)CC1. The van der Waals surface area contributed by atoms with E-state index in [1.807, 2.05) is 12.2 Å². The molecule has 0 bridgehead atoms. The van der Waals surface area contributed by atoms with Crippen molar-refractivity contribution in [3.63, 3.8) is 0 Å². The fraction of sp³-hybridized carbons (Fsp3) is 0.714. The van der Waals surface area contributed by atoms with Crippen molar-refractivity contribution in [2.75, 3.05) is 19.6 Å². The summed E-state index contributed by atoms with van der Waals surface area (Å²) < 4.78 is 0. The van der Waals surface area contributed by atoms with E-state index in [9.17, 15) is 0 Å². The Kier molecular flexibility index (Phi) is 3.89. The van der Waals surface area contributed by atoms with Gasteiger partial charge in [-0.2, -0.15) is 0 Å². The van der Waals surface area contributed by atoms with Gasteiger partial charge >= 0.3 is 0 Å². The van der Waals surface area contributed by atoms with E-state index >= 15 is 0 Å². The highest BCUT2D eigenvalue weighted by Gasteiger charge is 2.24. The molecule has 1 atom stereocenters. The van der Waals surface area contributed by atoms with E-state index in [0.29, 0.717) is 0 Å². The Morgan fingerprint density at radius 2 is 2.12 bits per heavy atom. The lowest BCUT2D eigenvalue weighted by atomic mass is 9.87. The number of nitrogens with zero attached hydrogens (tertiary/aromatic N) is 1. The summed E-state index contributed by atoms with van der Waals surface area (Å²) >= 11 is 0. The summed E-state index contributed by atoms with van der Waals surface area (Å²) in [6, 6.07) is 0. The van der Waals surface area contributed by atoms with Gasteiger partial charge in [0.25, 0.3) is 0 Å². The third kappa shape index (κ3) is 3.58. The smallest absolute Gasteiger partial charge is 0.0390 e. The van der Waals surface area contributed by atoms with Crippen LogP contribution in [0, 0.1) is 5.92 Å². The zero-order valence-electron chi connectivity index (χ0n) is 10.9. The van der Waals surface area contributed by atoms with Crippen molar-refractivity contribution in [1.29, 1.82) is 0 Å². The van der Waals surface area contributed by atoms with E-state index in [4.69, 9.17) is 11.5 Å². The summed E-state index contributed by atoms with van der Waals surface area (Å²) in [7, 11) is 0. The van der Waals surface area contributed by atoms with Crippen LogP contribution < -0.4 is 11.5 Å². The summed E-state index contributed by atoms with van der Waals surface area (Å²) in [5.41, 5.74) is 12.7. The van der Waals surface area contributed by atoms with Gasteiger partial charge in [-0.15, -0.1) is 0 Å². The van der Waals surface area contributed by atoms with Gasteiger partial charge in [0.1, 0.15) is 0 Å². The van der Waals surface area contributed by atoms with Crippen LogP contribution in [0.2, 0.25) is 0 Å². The van der Waals surface area contributed by atoms with Gasteiger partial charge in [-0.1, -0.05) is 19.1 Å². The fourth-order valence-corrected chi connectivity index (χ4v) is 2.54. The molecule has 0 aromatic heterocycles. The number of hydrogen-bond donors (Lipinski definition) is 2. The van der Waals surface area contributed by atoms with E-state index in [-0.39, 0.29) is 5.54 Å². The predicted molar refractivity (Wildman–Crippen MR) is 72.4 cm³/mol. The fourth-order valence-electron chi connectivity index (χ4n) is 2.54. The summed E-state index contributed by atoms with van der Waals surface area (Å²) in [4.78, 5) is 2.55. The maximum atomic E-state index is 6.35. The van der Waals surface area contributed by atoms with Gasteiger partial charge in [-0.25, -0.2) is 0 Å². The molecule has 1 aliphatic carbocycles. The molecule has 2 aliphatic rings. The molecule has 1 aliphatic heterocycles. The molecule has 1 unspecified atom stereocenters. The molecule has 0 radical (unpaired) electrons. The molecule has 1 heterocycles. The molecule has 0 amide bonds. The molecular weight excluding hydrogens is 210 g/mol. The van der Waals surface area contributed by atoms with Crippen LogP contribution in [0.25, 0.3) is 0 Å². The van der Waals surface area contributed by atoms with E-state index in [0.717, 1.165) is 31.0 Å². The van der Waals surface area contributed by atoms with Gasteiger partial charge < -0.3 is 16.4 Å². The monoisotopic (exact) mass is 235 g/mol. The Balaban J connectivity index is 1.77. The van der Waals surface area contributed by atoms with Gasteiger partial charge in [-0.05, 0) is 50.8 Å². The molecule has 0 aromatic rings.